The second kappa shape index (κ2) is 4.53. The Labute approximate surface area is 81.3 Å². The van der Waals surface area contributed by atoms with Crippen LogP contribution in [0.4, 0.5) is 0 Å². The van der Waals surface area contributed by atoms with Crippen LogP contribution in [-0.4, -0.2) is 46.9 Å². The highest BCUT2D eigenvalue weighted by Crippen LogP contribution is 2.36. The lowest BCUT2D eigenvalue weighted by Gasteiger charge is -2.12. The summed E-state index contributed by atoms with van der Waals surface area (Å²) in [4.78, 5) is 17.1. The molecule has 0 aliphatic carbocycles. The van der Waals surface area contributed by atoms with Crippen molar-refractivity contribution >= 4 is 7.60 Å². The maximum absolute atomic E-state index is 10.5. The van der Waals surface area contributed by atoms with E-state index in [0.29, 0.717) is 0 Å². The third kappa shape index (κ3) is 3.16. The molecule has 6 nitrogen and oxygen atoms in total. The third-order valence-corrected chi connectivity index (χ3v) is 2.50. The quantitative estimate of drug-likeness (QED) is 0.557. The molecule has 0 aromatic rings. The Morgan fingerprint density at radius 2 is 2.21 bits per heavy atom. The average Bonchev–Trinajstić information content (AvgIpc) is 2.42. The summed E-state index contributed by atoms with van der Waals surface area (Å²) in [6, 6.07) is 0. The largest absolute Gasteiger partial charge is 0.387 e. The molecule has 0 aromatic heterocycles. The molecule has 0 spiro atoms. The molecule has 0 radical (unpaired) electrons. The average molecular weight is 224 g/mol. The molecule has 0 bridgehead atoms. The first-order chi connectivity index (χ1) is 6.44. The molecule has 3 atom stereocenters. The first kappa shape index (κ1) is 11.8. The van der Waals surface area contributed by atoms with Crippen LogP contribution < -0.4 is 0 Å². The summed E-state index contributed by atoms with van der Waals surface area (Å²) in [7, 11) is -2.75. The molecule has 1 unspecified atom stereocenters. The number of aliphatic hydroxyl groups excluding tert-OH is 1. The summed E-state index contributed by atoms with van der Waals surface area (Å²) in [5.74, 6) is 0.721. The van der Waals surface area contributed by atoms with Gasteiger partial charge in [0.25, 0.3) is 0 Å². The molecule has 3 N–H and O–H groups in total. The Morgan fingerprint density at radius 3 is 2.64 bits per heavy atom. The van der Waals surface area contributed by atoms with Crippen molar-refractivity contribution in [2.24, 2.45) is 0 Å². The van der Waals surface area contributed by atoms with Gasteiger partial charge in [-0.2, -0.15) is 0 Å². The number of rotatable bonds is 3. The number of hydrogen-bond acceptors (Lipinski definition) is 4. The lowest BCUT2D eigenvalue weighted by atomic mass is 10.1. The highest BCUT2D eigenvalue weighted by atomic mass is 31.2. The molecule has 1 rings (SSSR count). The predicted octanol–water partition coefficient (Wildman–Crippen LogP) is -0.548. The van der Waals surface area contributed by atoms with E-state index in [1.165, 1.54) is 7.11 Å². The van der Waals surface area contributed by atoms with Crippen LogP contribution in [-0.2, 0) is 14.0 Å². The van der Waals surface area contributed by atoms with E-state index >= 15 is 0 Å². The second-order valence-corrected chi connectivity index (χ2v) is 4.47. The predicted molar refractivity (Wildman–Crippen MR) is 47.7 cm³/mol. The normalized spacial score (nSPS) is 34.1. The highest BCUT2D eigenvalue weighted by molar-refractivity contribution is 7.55. The summed E-state index contributed by atoms with van der Waals surface area (Å²) < 4.78 is 20.4. The molecule has 1 aliphatic rings. The lowest BCUT2D eigenvalue weighted by Crippen LogP contribution is -2.30. The lowest BCUT2D eigenvalue weighted by molar-refractivity contribution is 0.0140. The van der Waals surface area contributed by atoms with E-state index in [9.17, 15) is 9.67 Å². The van der Waals surface area contributed by atoms with Crippen molar-refractivity contribution in [1.29, 1.82) is 0 Å². The molecule has 1 saturated heterocycles. The van der Waals surface area contributed by atoms with Crippen molar-refractivity contribution in [3.63, 3.8) is 0 Å². The Balaban J connectivity index is 2.56. The second-order valence-electron chi connectivity index (χ2n) is 2.99. The fraction of sp³-hybridized carbons (Fsp3) is 0.714. The molecule has 7 heteroatoms. The van der Waals surface area contributed by atoms with Gasteiger partial charge >= 0.3 is 7.60 Å². The SMILES string of the molecule is CO[C@@H]1CO[C@H](/C=C/P(=O)(O)O)C1O. The Hall–Kier alpha value is -0.230. The molecule has 1 heterocycles. The van der Waals surface area contributed by atoms with Crippen molar-refractivity contribution in [2.75, 3.05) is 13.7 Å². The van der Waals surface area contributed by atoms with Crippen LogP contribution in [0.5, 0.6) is 0 Å². The summed E-state index contributed by atoms with van der Waals surface area (Å²) >= 11 is 0. The number of methoxy groups -OCH3 is 1. The summed E-state index contributed by atoms with van der Waals surface area (Å²) in [6.07, 6.45) is -0.887. The van der Waals surface area contributed by atoms with Gasteiger partial charge in [-0.3, -0.25) is 4.57 Å². The van der Waals surface area contributed by atoms with Gasteiger partial charge in [0.2, 0.25) is 0 Å². The van der Waals surface area contributed by atoms with E-state index in [1.54, 1.807) is 0 Å². The molecule has 0 amide bonds. The van der Waals surface area contributed by atoms with Crippen LogP contribution in [0.1, 0.15) is 0 Å². The minimum atomic E-state index is -4.19. The Morgan fingerprint density at radius 1 is 1.57 bits per heavy atom. The molecule has 0 aromatic carbocycles. The zero-order chi connectivity index (χ0) is 10.8. The minimum Gasteiger partial charge on any atom is -0.387 e. The van der Waals surface area contributed by atoms with E-state index in [-0.39, 0.29) is 6.61 Å². The van der Waals surface area contributed by atoms with Gasteiger partial charge in [-0.25, -0.2) is 0 Å². The molecule has 1 fully saturated rings. The van der Waals surface area contributed by atoms with Gasteiger partial charge in [0.05, 0.1) is 6.61 Å². The van der Waals surface area contributed by atoms with E-state index in [2.05, 4.69) is 0 Å². The van der Waals surface area contributed by atoms with Gasteiger partial charge < -0.3 is 24.4 Å². The van der Waals surface area contributed by atoms with Gasteiger partial charge in [0.1, 0.15) is 18.3 Å². The Kier molecular flexibility index (Phi) is 3.83. The van der Waals surface area contributed by atoms with Crippen molar-refractivity contribution in [2.45, 2.75) is 18.3 Å². The van der Waals surface area contributed by atoms with Crippen LogP contribution in [0, 0.1) is 0 Å². The molecular formula is C7H13O6P. The fourth-order valence-electron chi connectivity index (χ4n) is 1.19. The molecular weight excluding hydrogens is 211 g/mol. The molecule has 14 heavy (non-hydrogen) atoms. The molecule has 1 aliphatic heterocycles. The van der Waals surface area contributed by atoms with Gasteiger partial charge in [0, 0.05) is 12.9 Å². The van der Waals surface area contributed by atoms with Crippen LogP contribution in [0.15, 0.2) is 11.9 Å². The van der Waals surface area contributed by atoms with Crippen LogP contribution in [0.2, 0.25) is 0 Å². The first-order valence-electron chi connectivity index (χ1n) is 4.01. The smallest absolute Gasteiger partial charge is 0.348 e. The van der Waals surface area contributed by atoms with Crippen molar-refractivity contribution in [3.05, 3.63) is 11.9 Å². The topological polar surface area (TPSA) is 96.2 Å². The number of hydrogen-bond donors (Lipinski definition) is 3. The molecule has 0 saturated carbocycles. The summed E-state index contributed by atoms with van der Waals surface area (Å²) in [5, 5.41) is 9.49. The zero-order valence-electron chi connectivity index (χ0n) is 7.61. The van der Waals surface area contributed by atoms with Gasteiger partial charge in [0.15, 0.2) is 0 Å². The van der Waals surface area contributed by atoms with Crippen LogP contribution in [0.3, 0.4) is 0 Å². The minimum absolute atomic E-state index is 0.216. The number of ether oxygens (including phenoxy) is 2. The Bertz CT molecular complexity index is 259. The fourth-order valence-corrected chi connectivity index (χ4v) is 1.58. The van der Waals surface area contributed by atoms with Crippen molar-refractivity contribution in [1.82, 2.24) is 0 Å². The monoisotopic (exact) mass is 224 g/mol. The van der Waals surface area contributed by atoms with E-state index in [1.807, 2.05) is 0 Å². The maximum Gasteiger partial charge on any atom is 0.348 e. The van der Waals surface area contributed by atoms with Gasteiger partial charge in [-0.15, -0.1) is 0 Å². The van der Waals surface area contributed by atoms with Crippen molar-refractivity contribution in [3.8, 4) is 0 Å². The van der Waals surface area contributed by atoms with E-state index in [0.717, 1.165) is 11.9 Å². The first-order valence-corrected chi connectivity index (χ1v) is 5.69. The zero-order valence-corrected chi connectivity index (χ0v) is 8.50. The van der Waals surface area contributed by atoms with Gasteiger partial charge in [-0.1, -0.05) is 0 Å². The van der Waals surface area contributed by atoms with Crippen LogP contribution in [0.25, 0.3) is 0 Å². The van der Waals surface area contributed by atoms with Gasteiger partial charge in [-0.05, 0) is 6.08 Å². The van der Waals surface area contributed by atoms with Crippen molar-refractivity contribution < 1.29 is 28.9 Å². The maximum atomic E-state index is 10.5. The van der Waals surface area contributed by atoms with Crippen LogP contribution >= 0.6 is 7.60 Å². The highest BCUT2D eigenvalue weighted by Gasteiger charge is 2.34. The number of aliphatic hydroxyl groups is 1. The van der Waals surface area contributed by atoms with E-state index < -0.39 is 25.9 Å². The summed E-state index contributed by atoms with van der Waals surface area (Å²) in [5.41, 5.74) is 0. The molecule has 82 valence electrons. The summed E-state index contributed by atoms with van der Waals surface area (Å²) in [6.45, 7) is 0.216. The van der Waals surface area contributed by atoms with E-state index in [4.69, 9.17) is 19.3 Å². The standard InChI is InChI=1S/C7H13O6P/c1-12-6-4-13-5(7(6)8)2-3-14(9,10)11/h2-3,5-8H,4H2,1H3,(H2,9,10,11)/b3-2+/t5-,6-,7?/m1/s1. The third-order valence-electron chi connectivity index (χ3n) is 1.94.